The van der Waals surface area contributed by atoms with Crippen molar-refractivity contribution >= 4 is 40.9 Å². The summed E-state index contributed by atoms with van der Waals surface area (Å²) in [6.45, 7) is 0.330. The average Bonchev–Trinajstić information content (AvgIpc) is 2.79. The maximum atomic E-state index is 13.7. The molecule has 0 radical (unpaired) electrons. The smallest absolute Gasteiger partial charge is 0.305 e. The van der Waals surface area contributed by atoms with Crippen molar-refractivity contribution in [3.8, 4) is 0 Å². The van der Waals surface area contributed by atoms with Crippen molar-refractivity contribution in [1.82, 2.24) is 10.2 Å². The molecule has 0 bridgehead atoms. The predicted molar refractivity (Wildman–Crippen MR) is 92.5 cm³/mol. The molecule has 0 unspecified atom stereocenters. The van der Waals surface area contributed by atoms with Gasteiger partial charge in [-0.15, -0.1) is 0 Å². The molecule has 1 aliphatic heterocycles. The van der Waals surface area contributed by atoms with Gasteiger partial charge in [-0.25, -0.2) is 9.18 Å². The minimum atomic E-state index is -0.367. The molecule has 0 spiro atoms. The first-order valence-corrected chi connectivity index (χ1v) is 7.67. The largest absolute Gasteiger partial charge is 0.327 e. The van der Waals surface area contributed by atoms with E-state index >= 15 is 0 Å². The number of carbonyl (C=O) groups excluding carboxylic acids is 1. The highest BCUT2D eigenvalue weighted by Gasteiger charge is 2.30. The summed E-state index contributed by atoms with van der Waals surface area (Å²) >= 11 is 11.2. The van der Waals surface area contributed by atoms with Crippen molar-refractivity contribution in [2.24, 2.45) is 0 Å². The molecule has 3 rings (SSSR count). The third kappa shape index (κ3) is 3.41. The van der Waals surface area contributed by atoms with Gasteiger partial charge in [-0.2, -0.15) is 0 Å². The summed E-state index contributed by atoms with van der Waals surface area (Å²) in [5, 5.41) is 3.30. The number of halogens is 2. The lowest BCUT2D eigenvalue weighted by atomic mass is 10.2. The van der Waals surface area contributed by atoms with Gasteiger partial charge < -0.3 is 5.32 Å². The van der Waals surface area contributed by atoms with Crippen molar-refractivity contribution in [1.29, 1.82) is 0 Å². The second kappa shape index (κ2) is 6.48. The highest BCUT2D eigenvalue weighted by Crippen LogP contribution is 2.20. The highest BCUT2D eigenvalue weighted by atomic mass is 35.5. The van der Waals surface area contributed by atoms with Crippen LogP contribution < -0.4 is 5.32 Å². The fourth-order valence-corrected chi connectivity index (χ4v) is 2.62. The van der Waals surface area contributed by atoms with Gasteiger partial charge in [0, 0.05) is 10.6 Å². The Morgan fingerprint density at radius 2 is 1.87 bits per heavy atom. The van der Waals surface area contributed by atoms with Gasteiger partial charge in [-0.3, -0.25) is 4.90 Å². The van der Waals surface area contributed by atoms with E-state index in [1.807, 2.05) is 12.1 Å². The lowest BCUT2D eigenvalue weighted by Gasteiger charge is -2.14. The molecule has 3 nitrogen and oxygen atoms in total. The summed E-state index contributed by atoms with van der Waals surface area (Å²) in [4.78, 5) is 13.9. The van der Waals surface area contributed by atoms with E-state index in [2.05, 4.69) is 5.32 Å². The van der Waals surface area contributed by atoms with E-state index in [0.717, 1.165) is 5.56 Å². The predicted octanol–water partition coefficient (Wildman–Crippen LogP) is 4.37. The number of carbonyl (C=O) groups is 1. The van der Waals surface area contributed by atoms with Crippen LogP contribution in [0, 0.1) is 5.82 Å². The van der Waals surface area contributed by atoms with Crippen LogP contribution in [-0.2, 0) is 6.54 Å². The Hall–Kier alpha value is -2.24. The number of amides is 2. The summed E-state index contributed by atoms with van der Waals surface area (Å²) < 4.78 is 13.7. The zero-order chi connectivity index (χ0) is 16.4. The van der Waals surface area contributed by atoms with E-state index in [1.165, 1.54) is 17.0 Å². The summed E-state index contributed by atoms with van der Waals surface area (Å²) in [7, 11) is 0. The van der Waals surface area contributed by atoms with Gasteiger partial charge >= 0.3 is 6.03 Å². The van der Waals surface area contributed by atoms with Crippen LogP contribution in [0.2, 0.25) is 5.02 Å². The number of hydrogen-bond donors (Lipinski definition) is 1. The third-order valence-electron chi connectivity index (χ3n) is 3.42. The molecule has 0 atom stereocenters. The van der Waals surface area contributed by atoms with Gasteiger partial charge in [0.25, 0.3) is 0 Å². The maximum absolute atomic E-state index is 13.7. The Balaban J connectivity index is 1.82. The fourth-order valence-electron chi connectivity index (χ4n) is 2.24. The molecule has 0 aliphatic carbocycles. The zero-order valence-corrected chi connectivity index (χ0v) is 13.5. The topological polar surface area (TPSA) is 32.3 Å². The Labute approximate surface area is 143 Å². The van der Waals surface area contributed by atoms with Crippen LogP contribution in [0.1, 0.15) is 11.1 Å². The van der Waals surface area contributed by atoms with Crippen molar-refractivity contribution in [2.75, 3.05) is 0 Å². The van der Waals surface area contributed by atoms with Crippen LogP contribution in [0.3, 0.4) is 0 Å². The summed E-state index contributed by atoms with van der Waals surface area (Å²) in [6.07, 6.45) is 1.54. The molecule has 1 aliphatic rings. The summed E-state index contributed by atoms with van der Waals surface area (Å²) in [5.41, 5.74) is 1.70. The number of nitrogens with one attached hydrogen (secondary N) is 1. The molecule has 23 heavy (non-hydrogen) atoms. The normalized spacial score (nSPS) is 16.1. The van der Waals surface area contributed by atoms with E-state index < -0.39 is 0 Å². The molecule has 2 amide bonds. The van der Waals surface area contributed by atoms with Crippen LogP contribution in [0.5, 0.6) is 0 Å². The number of benzene rings is 2. The van der Waals surface area contributed by atoms with Gasteiger partial charge in [-0.1, -0.05) is 54.2 Å². The van der Waals surface area contributed by atoms with E-state index in [-0.39, 0.29) is 11.8 Å². The maximum Gasteiger partial charge on any atom is 0.327 e. The summed E-state index contributed by atoms with van der Waals surface area (Å²) in [6, 6.07) is 13.2. The first kappa shape index (κ1) is 15.6. The minimum absolute atomic E-state index is 0.326. The van der Waals surface area contributed by atoms with Crippen LogP contribution in [-0.4, -0.2) is 15.9 Å². The van der Waals surface area contributed by atoms with Crippen LogP contribution in [0.15, 0.2) is 54.2 Å². The Bertz CT molecular complexity index is 804. The quantitative estimate of drug-likeness (QED) is 0.661. The number of thiocarbonyl (C=S) groups is 1. The van der Waals surface area contributed by atoms with E-state index in [1.54, 1.807) is 30.3 Å². The number of rotatable bonds is 3. The van der Waals surface area contributed by atoms with Crippen LogP contribution >= 0.6 is 23.8 Å². The van der Waals surface area contributed by atoms with Crippen LogP contribution in [0.25, 0.3) is 6.08 Å². The standard InChI is InChI=1S/C17H12ClFN2OS/c18-13-7-5-11(6-8-13)10-21-16(23)15(20-17(21)22)9-12-3-1-2-4-14(12)19/h1-9H,10H2,(H,20,22)/b15-9-. The third-order valence-corrected chi connectivity index (χ3v) is 4.11. The Morgan fingerprint density at radius 3 is 2.57 bits per heavy atom. The van der Waals surface area contributed by atoms with Gasteiger partial charge in [0.1, 0.15) is 10.8 Å². The first-order chi connectivity index (χ1) is 11.0. The molecule has 116 valence electrons. The van der Waals surface area contributed by atoms with E-state index in [0.29, 0.717) is 27.8 Å². The van der Waals surface area contributed by atoms with Gasteiger partial charge in [0.2, 0.25) is 0 Å². The van der Waals surface area contributed by atoms with Gasteiger partial charge in [-0.05, 0) is 29.8 Å². The first-order valence-electron chi connectivity index (χ1n) is 6.88. The van der Waals surface area contributed by atoms with E-state index in [9.17, 15) is 9.18 Å². The molecule has 6 heteroatoms. The number of nitrogens with zero attached hydrogens (tertiary/aromatic N) is 1. The van der Waals surface area contributed by atoms with Crippen LogP contribution in [0.4, 0.5) is 9.18 Å². The van der Waals surface area contributed by atoms with Crippen molar-refractivity contribution < 1.29 is 9.18 Å². The number of urea groups is 1. The molecule has 0 saturated carbocycles. The molecule has 2 aromatic rings. The Kier molecular flexibility index (Phi) is 4.41. The average molecular weight is 347 g/mol. The number of hydrogen-bond acceptors (Lipinski definition) is 2. The van der Waals surface area contributed by atoms with Gasteiger partial charge in [0.05, 0.1) is 12.2 Å². The molecule has 1 N–H and O–H groups in total. The van der Waals surface area contributed by atoms with Crippen molar-refractivity contribution in [3.63, 3.8) is 0 Å². The lowest BCUT2D eigenvalue weighted by molar-refractivity contribution is 0.228. The molecule has 1 saturated heterocycles. The second-order valence-corrected chi connectivity index (χ2v) is 5.85. The SMILES string of the molecule is O=C1N/C(=C\c2ccccc2F)C(=S)N1Cc1ccc(Cl)cc1. The highest BCUT2D eigenvalue weighted by molar-refractivity contribution is 7.80. The molecule has 1 fully saturated rings. The molecule has 1 heterocycles. The molecule has 2 aromatic carbocycles. The molecular weight excluding hydrogens is 335 g/mol. The monoisotopic (exact) mass is 346 g/mol. The molecule has 0 aromatic heterocycles. The molecular formula is C17H12ClFN2OS. The lowest BCUT2D eigenvalue weighted by Crippen LogP contribution is -2.29. The van der Waals surface area contributed by atoms with E-state index in [4.69, 9.17) is 23.8 Å². The fraction of sp³-hybridized carbons (Fsp3) is 0.0588. The Morgan fingerprint density at radius 1 is 1.17 bits per heavy atom. The van der Waals surface area contributed by atoms with Crippen molar-refractivity contribution in [3.05, 3.63) is 76.2 Å². The van der Waals surface area contributed by atoms with Gasteiger partial charge in [0.15, 0.2) is 0 Å². The second-order valence-electron chi connectivity index (χ2n) is 5.03. The zero-order valence-electron chi connectivity index (χ0n) is 11.9. The van der Waals surface area contributed by atoms with Crippen molar-refractivity contribution in [2.45, 2.75) is 6.54 Å². The minimum Gasteiger partial charge on any atom is -0.305 e. The summed E-state index contributed by atoms with van der Waals surface area (Å²) in [5.74, 6) is -0.367.